The van der Waals surface area contributed by atoms with Crippen LogP contribution in [0.2, 0.25) is 0 Å². The number of hydrogen-bond acceptors (Lipinski definition) is 3. The zero-order chi connectivity index (χ0) is 15.7. The molecule has 0 N–H and O–H groups in total. The number of ether oxygens (including phenoxy) is 1. The average Bonchev–Trinajstić information content (AvgIpc) is 2.80. The predicted molar refractivity (Wildman–Crippen MR) is 84.5 cm³/mol. The zero-order valence-corrected chi connectivity index (χ0v) is 12.6. The fraction of sp³-hybridized carbons (Fsp3) is 0.222. The van der Waals surface area contributed by atoms with E-state index in [1.165, 1.54) is 0 Å². The lowest BCUT2D eigenvalue weighted by Gasteiger charge is -2.11. The van der Waals surface area contributed by atoms with Crippen molar-refractivity contribution < 1.29 is 14.3 Å². The number of rotatable bonds is 4. The number of amides is 1. The molecule has 22 heavy (non-hydrogen) atoms. The van der Waals surface area contributed by atoms with Crippen LogP contribution in [0.1, 0.15) is 28.3 Å². The standard InChI is InChI=1S/C18H17NO3/c1-19-16-6-4-3-5-14(16)15(18(19)21)11-17(20)12-7-9-13(22-2)10-8-12/h3-10,15H,11H2,1-2H3. The van der Waals surface area contributed by atoms with Gasteiger partial charge in [0.25, 0.3) is 0 Å². The summed E-state index contributed by atoms with van der Waals surface area (Å²) in [6, 6.07) is 14.6. The lowest BCUT2D eigenvalue weighted by molar-refractivity contribution is -0.119. The Morgan fingerprint density at radius 1 is 1.14 bits per heavy atom. The van der Waals surface area contributed by atoms with Gasteiger partial charge in [-0.25, -0.2) is 0 Å². The Morgan fingerprint density at radius 2 is 1.82 bits per heavy atom. The highest BCUT2D eigenvalue weighted by molar-refractivity contribution is 6.08. The third-order valence-corrected chi connectivity index (χ3v) is 4.10. The molecule has 3 rings (SSSR count). The topological polar surface area (TPSA) is 46.6 Å². The van der Waals surface area contributed by atoms with E-state index in [2.05, 4.69) is 0 Å². The normalized spacial score (nSPS) is 16.5. The number of anilines is 1. The highest BCUT2D eigenvalue weighted by Crippen LogP contribution is 2.38. The fourth-order valence-electron chi connectivity index (χ4n) is 2.85. The van der Waals surface area contributed by atoms with Crippen LogP contribution >= 0.6 is 0 Å². The Kier molecular flexibility index (Phi) is 3.67. The maximum Gasteiger partial charge on any atom is 0.234 e. The summed E-state index contributed by atoms with van der Waals surface area (Å²) < 4.78 is 5.09. The highest BCUT2D eigenvalue weighted by atomic mass is 16.5. The number of hydrogen-bond donors (Lipinski definition) is 0. The minimum Gasteiger partial charge on any atom is -0.497 e. The van der Waals surface area contributed by atoms with E-state index in [1.807, 2.05) is 24.3 Å². The monoisotopic (exact) mass is 295 g/mol. The molecule has 0 spiro atoms. The number of carbonyl (C=O) groups excluding carboxylic acids is 2. The van der Waals surface area contributed by atoms with Crippen LogP contribution in [0.15, 0.2) is 48.5 Å². The zero-order valence-electron chi connectivity index (χ0n) is 12.6. The van der Waals surface area contributed by atoms with Crippen molar-refractivity contribution in [2.75, 3.05) is 19.1 Å². The van der Waals surface area contributed by atoms with Crippen molar-refractivity contribution in [1.82, 2.24) is 0 Å². The Balaban J connectivity index is 1.83. The van der Waals surface area contributed by atoms with Gasteiger partial charge in [0.05, 0.1) is 13.0 Å². The quantitative estimate of drug-likeness (QED) is 0.815. The van der Waals surface area contributed by atoms with Crippen molar-refractivity contribution in [3.63, 3.8) is 0 Å². The van der Waals surface area contributed by atoms with Gasteiger partial charge >= 0.3 is 0 Å². The summed E-state index contributed by atoms with van der Waals surface area (Å²) >= 11 is 0. The lowest BCUT2D eigenvalue weighted by Crippen LogP contribution is -2.25. The molecule has 4 nitrogen and oxygen atoms in total. The molecule has 2 aromatic rings. The van der Waals surface area contributed by atoms with Gasteiger partial charge in [-0.15, -0.1) is 0 Å². The molecule has 1 heterocycles. The first-order valence-corrected chi connectivity index (χ1v) is 7.15. The predicted octanol–water partition coefficient (Wildman–Crippen LogP) is 3.03. The summed E-state index contributed by atoms with van der Waals surface area (Å²) in [7, 11) is 3.33. The van der Waals surface area contributed by atoms with Gasteiger partial charge in [0.15, 0.2) is 5.78 Å². The summed E-state index contributed by atoms with van der Waals surface area (Å²) in [4.78, 5) is 26.5. The molecule has 112 valence electrons. The maximum atomic E-state index is 12.5. The minimum atomic E-state index is -0.393. The number of ketones is 1. The van der Waals surface area contributed by atoms with Crippen LogP contribution in [0.3, 0.4) is 0 Å². The van der Waals surface area contributed by atoms with Crippen molar-refractivity contribution in [3.05, 3.63) is 59.7 Å². The summed E-state index contributed by atoms with van der Waals surface area (Å²) in [6.07, 6.45) is 0.187. The fourth-order valence-corrected chi connectivity index (χ4v) is 2.85. The second-order valence-corrected chi connectivity index (χ2v) is 5.36. The summed E-state index contributed by atoms with van der Waals surface area (Å²) in [6.45, 7) is 0. The largest absolute Gasteiger partial charge is 0.497 e. The van der Waals surface area contributed by atoms with Gasteiger partial charge in [-0.05, 0) is 35.9 Å². The van der Waals surface area contributed by atoms with Crippen LogP contribution in [0.5, 0.6) is 5.75 Å². The van der Waals surface area contributed by atoms with Gasteiger partial charge in [0.2, 0.25) is 5.91 Å². The van der Waals surface area contributed by atoms with Crippen LogP contribution in [-0.4, -0.2) is 25.8 Å². The van der Waals surface area contributed by atoms with E-state index < -0.39 is 5.92 Å². The molecule has 1 aliphatic heterocycles. The summed E-state index contributed by atoms with van der Waals surface area (Å²) in [5.74, 6) is 0.253. The van der Waals surface area contributed by atoms with Gasteiger partial charge in [-0.2, -0.15) is 0 Å². The Labute approximate surface area is 129 Å². The number of methoxy groups -OCH3 is 1. The molecule has 0 aromatic heterocycles. The van der Waals surface area contributed by atoms with Crippen LogP contribution in [0, 0.1) is 0 Å². The molecule has 1 aliphatic rings. The molecule has 0 bridgehead atoms. The smallest absolute Gasteiger partial charge is 0.234 e. The van der Waals surface area contributed by atoms with E-state index in [1.54, 1.807) is 43.3 Å². The molecular weight excluding hydrogens is 278 g/mol. The van der Waals surface area contributed by atoms with E-state index in [9.17, 15) is 9.59 Å². The number of Topliss-reactive ketones (excluding diaryl/α,β-unsaturated/α-hetero) is 1. The number of nitrogens with zero attached hydrogens (tertiary/aromatic N) is 1. The second-order valence-electron chi connectivity index (χ2n) is 5.36. The highest BCUT2D eigenvalue weighted by Gasteiger charge is 2.36. The molecule has 0 fully saturated rings. The number of para-hydroxylation sites is 1. The SMILES string of the molecule is COc1ccc(C(=O)CC2C(=O)N(C)c3ccccc32)cc1. The van der Waals surface area contributed by atoms with E-state index in [0.717, 1.165) is 11.3 Å². The first-order chi connectivity index (χ1) is 10.6. The van der Waals surface area contributed by atoms with Gasteiger partial charge < -0.3 is 9.64 Å². The molecule has 0 aliphatic carbocycles. The van der Waals surface area contributed by atoms with Gasteiger partial charge in [-0.1, -0.05) is 18.2 Å². The number of carbonyl (C=O) groups is 2. The van der Waals surface area contributed by atoms with E-state index in [4.69, 9.17) is 4.74 Å². The average molecular weight is 295 g/mol. The Bertz CT molecular complexity index is 721. The molecule has 4 heteroatoms. The third-order valence-electron chi connectivity index (χ3n) is 4.10. The van der Waals surface area contributed by atoms with Crippen LogP contribution in [-0.2, 0) is 4.79 Å². The van der Waals surface area contributed by atoms with Crippen molar-refractivity contribution in [3.8, 4) is 5.75 Å². The van der Waals surface area contributed by atoms with Crippen molar-refractivity contribution in [2.45, 2.75) is 12.3 Å². The lowest BCUT2D eigenvalue weighted by atomic mass is 9.93. The van der Waals surface area contributed by atoms with Crippen LogP contribution in [0.4, 0.5) is 5.69 Å². The maximum absolute atomic E-state index is 12.5. The summed E-state index contributed by atoms with van der Waals surface area (Å²) in [5, 5.41) is 0. The van der Waals surface area contributed by atoms with Crippen molar-refractivity contribution >= 4 is 17.4 Å². The molecule has 1 amide bonds. The Hall–Kier alpha value is -2.62. The van der Waals surface area contributed by atoms with Gasteiger partial charge in [-0.3, -0.25) is 9.59 Å². The molecular formula is C18H17NO3. The van der Waals surface area contributed by atoms with Crippen LogP contribution in [0.25, 0.3) is 0 Å². The van der Waals surface area contributed by atoms with Crippen LogP contribution < -0.4 is 9.64 Å². The summed E-state index contributed by atoms with van der Waals surface area (Å²) in [5.41, 5.74) is 2.41. The van der Waals surface area contributed by atoms with Gasteiger partial charge in [0, 0.05) is 24.7 Å². The second kappa shape index (κ2) is 5.64. The molecule has 0 saturated heterocycles. The van der Waals surface area contributed by atoms with Crippen molar-refractivity contribution in [1.29, 1.82) is 0 Å². The van der Waals surface area contributed by atoms with Gasteiger partial charge in [0.1, 0.15) is 5.75 Å². The minimum absolute atomic E-state index is 0.0249. The molecule has 2 aromatic carbocycles. The third kappa shape index (κ3) is 2.37. The van der Waals surface area contributed by atoms with Crippen molar-refractivity contribution in [2.24, 2.45) is 0 Å². The number of fused-ring (bicyclic) bond motifs is 1. The first kappa shape index (κ1) is 14.3. The van der Waals surface area contributed by atoms with E-state index >= 15 is 0 Å². The van der Waals surface area contributed by atoms with E-state index in [-0.39, 0.29) is 18.1 Å². The Morgan fingerprint density at radius 3 is 2.50 bits per heavy atom. The molecule has 1 unspecified atom stereocenters. The molecule has 0 radical (unpaired) electrons. The number of benzene rings is 2. The molecule has 1 atom stereocenters. The molecule has 0 saturated carbocycles. The number of likely N-dealkylation sites (N-methyl/N-ethyl adjacent to an activating group) is 1. The first-order valence-electron chi connectivity index (χ1n) is 7.15. The van der Waals surface area contributed by atoms with E-state index in [0.29, 0.717) is 11.3 Å².